The number of nitrogen functional groups attached to an aromatic ring is 1. The van der Waals surface area contributed by atoms with Crippen LogP contribution in [0, 0.1) is 0 Å². The molecule has 0 fully saturated rings. The van der Waals surface area contributed by atoms with Crippen LogP contribution in [-0.4, -0.2) is 18.7 Å². The molecule has 3 nitrogen and oxygen atoms in total. The number of hydrogen-bond donors (Lipinski definition) is 2. The molecular weight excluding hydrogens is 204 g/mol. The van der Waals surface area contributed by atoms with E-state index in [1.165, 1.54) is 11.3 Å². The van der Waals surface area contributed by atoms with Gasteiger partial charge in [-0.25, -0.2) is 0 Å². The summed E-state index contributed by atoms with van der Waals surface area (Å²) in [5.41, 5.74) is 6.25. The first kappa shape index (κ1) is 10.4. The molecule has 1 aromatic heterocycles. The molecule has 0 aliphatic carbocycles. The lowest BCUT2D eigenvalue weighted by Gasteiger charge is -1.95. The summed E-state index contributed by atoms with van der Waals surface area (Å²) in [5, 5.41) is 2.56. The summed E-state index contributed by atoms with van der Waals surface area (Å²) in [7, 11) is 1.61. The first-order chi connectivity index (χ1) is 6.19. The Labute approximate surface area is 85.7 Å². The Bertz CT molecular complexity index is 309. The molecule has 0 saturated heterocycles. The number of rotatable bonds is 3. The van der Waals surface area contributed by atoms with Crippen LogP contribution < -0.4 is 11.1 Å². The molecule has 72 valence electrons. The van der Waals surface area contributed by atoms with Crippen molar-refractivity contribution in [3.63, 3.8) is 0 Å². The second-order valence-corrected chi connectivity index (χ2v) is 4.98. The van der Waals surface area contributed by atoms with Gasteiger partial charge in [-0.3, -0.25) is 4.79 Å². The molecule has 0 saturated carbocycles. The standard InChI is InChI=1S/C8H12N2OS2/c1-3-12-6-4-5(9)7(13-6)8(11)10-2/h4H,3,9H2,1-2H3,(H,10,11). The highest BCUT2D eigenvalue weighted by molar-refractivity contribution is 8.01. The van der Waals surface area contributed by atoms with Crippen molar-refractivity contribution in [2.75, 3.05) is 18.5 Å². The molecule has 0 aliphatic rings. The summed E-state index contributed by atoms with van der Waals surface area (Å²) in [6.07, 6.45) is 0. The maximum Gasteiger partial charge on any atom is 0.263 e. The van der Waals surface area contributed by atoms with E-state index in [4.69, 9.17) is 5.73 Å². The van der Waals surface area contributed by atoms with Crippen molar-refractivity contribution in [2.45, 2.75) is 11.1 Å². The summed E-state index contributed by atoms with van der Waals surface area (Å²) < 4.78 is 1.10. The SMILES string of the molecule is CCSc1cc(N)c(C(=O)NC)s1. The predicted octanol–water partition coefficient (Wildman–Crippen LogP) is 1.80. The summed E-state index contributed by atoms with van der Waals surface area (Å²) in [5.74, 6) is 0.887. The van der Waals surface area contributed by atoms with Crippen LogP contribution in [0.3, 0.4) is 0 Å². The van der Waals surface area contributed by atoms with Crippen molar-refractivity contribution in [3.8, 4) is 0 Å². The van der Waals surface area contributed by atoms with Crippen LogP contribution >= 0.6 is 23.1 Å². The second kappa shape index (κ2) is 4.53. The van der Waals surface area contributed by atoms with Gasteiger partial charge in [0, 0.05) is 7.05 Å². The minimum atomic E-state index is -0.106. The molecule has 0 spiro atoms. The Balaban J connectivity index is 2.89. The molecule has 0 radical (unpaired) electrons. The van der Waals surface area contributed by atoms with E-state index < -0.39 is 0 Å². The van der Waals surface area contributed by atoms with Crippen LogP contribution in [0.4, 0.5) is 5.69 Å². The molecule has 0 aliphatic heterocycles. The van der Waals surface area contributed by atoms with Gasteiger partial charge in [0.1, 0.15) is 4.88 Å². The summed E-state index contributed by atoms with van der Waals surface area (Å²) in [6.45, 7) is 2.07. The maximum absolute atomic E-state index is 11.3. The third kappa shape index (κ3) is 2.38. The molecule has 0 aromatic carbocycles. The number of thiophene rings is 1. The van der Waals surface area contributed by atoms with Crippen LogP contribution in [0.5, 0.6) is 0 Å². The van der Waals surface area contributed by atoms with E-state index in [0.29, 0.717) is 10.6 Å². The van der Waals surface area contributed by atoms with Crippen molar-refractivity contribution < 1.29 is 4.79 Å². The lowest BCUT2D eigenvalue weighted by molar-refractivity contribution is 0.0968. The quantitative estimate of drug-likeness (QED) is 0.758. The molecule has 1 rings (SSSR count). The van der Waals surface area contributed by atoms with Crippen molar-refractivity contribution in [2.24, 2.45) is 0 Å². The molecular formula is C8H12N2OS2. The van der Waals surface area contributed by atoms with Gasteiger partial charge < -0.3 is 11.1 Å². The van der Waals surface area contributed by atoms with Gasteiger partial charge in [0.15, 0.2) is 0 Å². The van der Waals surface area contributed by atoms with E-state index in [1.54, 1.807) is 18.8 Å². The highest BCUT2D eigenvalue weighted by Gasteiger charge is 2.12. The Morgan fingerprint density at radius 1 is 1.77 bits per heavy atom. The highest BCUT2D eigenvalue weighted by atomic mass is 32.2. The number of hydrogen-bond acceptors (Lipinski definition) is 4. The third-order valence-corrected chi connectivity index (χ3v) is 3.70. The molecule has 0 unspecified atom stereocenters. The number of nitrogens with two attached hydrogens (primary N) is 1. The number of anilines is 1. The maximum atomic E-state index is 11.3. The van der Waals surface area contributed by atoms with Crippen LogP contribution in [0.25, 0.3) is 0 Å². The average Bonchev–Trinajstić information content (AvgIpc) is 2.46. The third-order valence-electron chi connectivity index (χ3n) is 1.46. The molecule has 1 amide bonds. The monoisotopic (exact) mass is 216 g/mol. The van der Waals surface area contributed by atoms with Gasteiger partial charge >= 0.3 is 0 Å². The number of carbonyl (C=O) groups excluding carboxylic acids is 1. The van der Waals surface area contributed by atoms with Gasteiger partial charge in [0.25, 0.3) is 5.91 Å². The van der Waals surface area contributed by atoms with Gasteiger partial charge in [0.2, 0.25) is 0 Å². The van der Waals surface area contributed by atoms with Crippen molar-refractivity contribution in [1.29, 1.82) is 0 Å². The van der Waals surface area contributed by atoms with Gasteiger partial charge in [0.05, 0.1) is 9.90 Å². The van der Waals surface area contributed by atoms with Crippen molar-refractivity contribution in [1.82, 2.24) is 5.32 Å². The zero-order valence-electron chi connectivity index (χ0n) is 7.59. The predicted molar refractivity (Wildman–Crippen MR) is 58.5 cm³/mol. The van der Waals surface area contributed by atoms with Crippen molar-refractivity contribution >= 4 is 34.7 Å². The lowest BCUT2D eigenvalue weighted by Crippen LogP contribution is -2.17. The van der Waals surface area contributed by atoms with Crippen LogP contribution in [0.2, 0.25) is 0 Å². The fourth-order valence-corrected chi connectivity index (χ4v) is 2.98. The molecule has 0 atom stereocenters. The summed E-state index contributed by atoms with van der Waals surface area (Å²) >= 11 is 3.14. The molecule has 1 heterocycles. The van der Waals surface area contributed by atoms with Gasteiger partial charge in [-0.2, -0.15) is 0 Å². The zero-order valence-corrected chi connectivity index (χ0v) is 9.22. The first-order valence-electron chi connectivity index (χ1n) is 3.93. The minimum Gasteiger partial charge on any atom is -0.397 e. The van der Waals surface area contributed by atoms with Crippen molar-refractivity contribution in [3.05, 3.63) is 10.9 Å². The number of carbonyl (C=O) groups is 1. The zero-order chi connectivity index (χ0) is 9.84. The normalized spacial score (nSPS) is 10.0. The van der Waals surface area contributed by atoms with E-state index in [2.05, 4.69) is 12.2 Å². The fourth-order valence-electron chi connectivity index (χ4n) is 0.886. The Morgan fingerprint density at radius 3 is 3.00 bits per heavy atom. The second-order valence-electron chi connectivity index (χ2n) is 2.36. The fraction of sp³-hybridized carbons (Fsp3) is 0.375. The summed E-state index contributed by atoms with van der Waals surface area (Å²) in [4.78, 5) is 11.9. The lowest BCUT2D eigenvalue weighted by atomic mass is 10.4. The topological polar surface area (TPSA) is 55.1 Å². The Hall–Kier alpha value is -0.680. The van der Waals surface area contributed by atoms with Gasteiger partial charge in [-0.05, 0) is 11.8 Å². The average molecular weight is 216 g/mol. The largest absolute Gasteiger partial charge is 0.397 e. The van der Waals surface area contributed by atoms with E-state index in [9.17, 15) is 4.79 Å². The van der Waals surface area contributed by atoms with E-state index >= 15 is 0 Å². The molecule has 3 N–H and O–H groups in total. The minimum absolute atomic E-state index is 0.106. The summed E-state index contributed by atoms with van der Waals surface area (Å²) in [6, 6.07) is 1.85. The number of amides is 1. The van der Waals surface area contributed by atoms with E-state index in [-0.39, 0.29) is 5.91 Å². The van der Waals surface area contributed by atoms with Crippen LogP contribution in [-0.2, 0) is 0 Å². The Morgan fingerprint density at radius 2 is 2.46 bits per heavy atom. The van der Waals surface area contributed by atoms with E-state index in [1.807, 2.05) is 6.07 Å². The smallest absolute Gasteiger partial charge is 0.263 e. The number of nitrogens with one attached hydrogen (secondary N) is 1. The van der Waals surface area contributed by atoms with E-state index in [0.717, 1.165) is 9.96 Å². The van der Waals surface area contributed by atoms with Gasteiger partial charge in [-0.15, -0.1) is 23.1 Å². The highest BCUT2D eigenvalue weighted by Crippen LogP contribution is 2.32. The first-order valence-corrected chi connectivity index (χ1v) is 5.73. The van der Waals surface area contributed by atoms with Gasteiger partial charge in [-0.1, -0.05) is 6.92 Å². The molecule has 5 heteroatoms. The molecule has 1 aromatic rings. The van der Waals surface area contributed by atoms with Crippen LogP contribution in [0.1, 0.15) is 16.6 Å². The Kier molecular flexibility index (Phi) is 3.62. The molecule has 0 bridgehead atoms. The number of thioether (sulfide) groups is 1. The van der Waals surface area contributed by atoms with Crippen LogP contribution in [0.15, 0.2) is 10.3 Å². The molecule has 13 heavy (non-hydrogen) atoms.